The molecule has 3 atom stereocenters. The van der Waals surface area contributed by atoms with Crippen molar-refractivity contribution in [2.75, 3.05) is 0 Å². The van der Waals surface area contributed by atoms with Gasteiger partial charge in [-0.3, -0.25) is 0 Å². The molecule has 104 valence electrons. The molecule has 0 amide bonds. The smallest absolute Gasteiger partial charge is 0.0420 e. The third kappa shape index (κ3) is 9.68. The van der Waals surface area contributed by atoms with E-state index in [9.17, 15) is 0 Å². The fourth-order valence-corrected chi connectivity index (χ4v) is 2.48. The number of hydrogen-bond acceptors (Lipinski definition) is 0. The lowest BCUT2D eigenvalue weighted by molar-refractivity contribution is 0.333. The minimum absolute atomic E-state index is 0.853. The summed E-state index contributed by atoms with van der Waals surface area (Å²) in [4.78, 5) is 0. The van der Waals surface area contributed by atoms with Crippen molar-refractivity contribution in [1.29, 1.82) is 0 Å². The van der Waals surface area contributed by atoms with E-state index in [-0.39, 0.29) is 0 Å². The van der Waals surface area contributed by atoms with Crippen molar-refractivity contribution in [1.82, 2.24) is 0 Å². The van der Waals surface area contributed by atoms with Gasteiger partial charge in [0, 0.05) is 0 Å². The maximum atomic E-state index is 2.44. The monoisotopic (exact) mass is 240 g/mol. The molecule has 0 N–H and O–H groups in total. The molecule has 0 heterocycles. The average molecular weight is 240 g/mol. The van der Waals surface area contributed by atoms with E-state index in [2.05, 4.69) is 41.5 Å². The molecule has 0 saturated heterocycles. The summed E-state index contributed by atoms with van der Waals surface area (Å²) in [6, 6.07) is 0. The van der Waals surface area contributed by atoms with Gasteiger partial charge in [0.15, 0.2) is 0 Å². The maximum Gasteiger partial charge on any atom is -0.0420 e. The van der Waals surface area contributed by atoms with Crippen LogP contribution in [-0.4, -0.2) is 0 Å². The Morgan fingerprint density at radius 1 is 0.647 bits per heavy atom. The second kappa shape index (κ2) is 9.97. The minimum atomic E-state index is 0.853. The molecule has 3 unspecified atom stereocenters. The predicted molar refractivity (Wildman–Crippen MR) is 80.3 cm³/mol. The molecule has 0 fully saturated rings. The summed E-state index contributed by atoms with van der Waals surface area (Å²) >= 11 is 0. The maximum absolute atomic E-state index is 2.44. The SMILES string of the molecule is CCCC(C)CCCC(C)CCC(C)C(C)C. The molecule has 0 aliphatic rings. The van der Waals surface area contributed by atoms with E-state index in [4.69, 9.17) is 0 Å². The first-order valence-electron chi connectivity index (χ1n) is 7.97. The van der Waals surface area contributed by atoms with Crippen LogP contribution in [0, 0.1) is 23.7 Å². The lowest BCUT2D eigenvalue weighted by Gasteiger charge is -2.18. The Morgan fingerprint density at radius 3 is 1.65 bits per heavy atom. The summed E-state index contributed by atoms with van der Waals surface area (Å²) in [6.45, 7) is 14.3. The Labute approximate surface area is 111 Å². The van der Waals surface area contributed by atoms with Gasteiger partial charge in [-0.25, -0.2) is 0 Å². The van der Waals surface area contributed by atoms with Crippen LogP contribution in [0.4, 0.5) is 0 Å². The highest BCUT2D eigenvalue weighted by molar-refractivity contribution is 4.62. The molecular formula is C17H36. The van der Waals surface area contributed by atoms with Gasteiger partial charge in [0.2, 0.25) is 0 Å². The van der Waals surface area contributed by atoms with Gasteiger partial charge in [0.1, 0.15) is 0 Å². The van der Waals surface area contributed by atoms with Crippen LogP contribution in [0.25, 0.3) is 0 Å². The molecule has 0 aliphatic carbocycles. The summed E-state index contributed by atoms with van der Waals surface area (Å²) in [5.41, 5.74) is 0. The summed E-state index contributed by atoms with van der Waals surface area (Å²) in [6.07, 6.45) is 9.95. The van der Waals surface area contributed by atoms with Crippen molar-refractivity contribution < 1.29 is 0 Å². The molecule has 0 aromatic carbocycles. The van der Waals surface area contributed by atoms with Crippen LogP contribution in [0.15, 0.2) is 0 Å². The molecule has 0 spiro atoms. The standard InChI is InChI=1S/C17H36/c1-7-9-15(4)10-8-11-16(5)12-13-17(6)14(2)3/h14-17H,7-13H2,1-6H3. The molecule has 0 saturated carbocycles. The summed E-state index contributed by atoms with van der Waals surface area (Å²) in [5.74, 6) is 3.63. The van der Waals surface area contributed by atoms with Crippen LogP contribution in [0.1, 0.15) is 86.5 Å². The third-order valence-electron chi connectivity index (χ3n) is 4.43. The molecule has 0 aromatic rings. The Balaban J connectivity index is 3.49. The van der Waals surface area contributed by atoms with Crippen LogP contribution >= 0.6 is 0 Å². The quantitative estimate of drug-likeness (QED) is 0.420. The molecule has 0 nitrogen and oxygen atoms in total. The molecule has 0 aliphatic heterocycles. The van der Waals surface area contributed by atoms with Gasteiger partial charge in [-0.1, -0.05) is 86.5 Å². The Morgan fingerprint density at radius 2 is 1.18 bits per heavy atom. The molecule has 0 rings (SSSR count). The zero-order valence-electron chi connectivity index (χ0n) is 13.3. The highest BCUT2D eigenvalue weighted by Gasteiger charge is 2.10. The molecule has 17 heavy (non-hydrogen) atoms. The van der Waals surface area contributed by atoms with Crippen molar-refractivity contribution in [3.8, 4) is 0 Å². The van der Waals surface area contributed by atoms with Crippen molar-refractivity contribution >= 4 is 0 Å². The summed E-state index contributed by atoms with van der Waals surface area (Å²) < 4.78 is 0. The van der Waals surface area contributed by atoms with E-state index in [0.717, 1.165) is 23.7 Å². The Bertz CT molecular complexity index is 159. The van der Waals surface area contributed by atoms with E-state index in [1.54, 1.807) is 0 Å². The second-order valence-corrected chi connectivity index (χ2v) is 6.73. The van der Waals surface area contributed by atoms with E-state index in [0.29, 0.717) is 0 Å². The normalized spacial score (nSPS) is 17.1. The third-order valence-corrected chi connectivity index (χ3v) is 4.43. The second-order valence-electron chi connectivity index (χ2n) is 6.73. The average Bonchev–Trinajstić information content (AvgIpc) is 2.26. The Kier molecular flexibility index (Phi) is 9.97. The molecule has 0 aromatic heterocycles. The van der Waals surface area contributed by atoms with Crippen LogP contribution in [0.2, 0.25) is 0 Å². The van der Waals surface area contributed by atoms with E-state index in [1.807, 2.05) is 0 Å². The topological polar surface area (TPSA) is 0 Å². The Hall–Kier alpha value is 0. The van der Waals surface area contributed by atoms with Crippen LogP contribution in [0.3, 0.4) is 0 Å². The predicted octanol–water partition coefficient (Wildman–Crippen LogP) is 6.30. The van der Waals surface area contributed by atoms with Crippen molar-refractivity contribution in [3.05, 3.63) is 0 Å². The van der Waals surface area contributed by atoms with Gasteiger partial charge >= 0.3 is 0 Å². The van der Waals surface area contributed by atoms with Gasteiger partial charge < -0.3 is 0 Å². The number of rotatable bonds is 10. The van der Waals surface area contributed by atoms with E-state index >= 15 is 0 Å². The number of hydrogen-bond donors (Lipinski definition) is 0. The molecule has 0 bridgehead atoms. The summed E-state index contributed by atoms with van der Waals surface area (Å²) in [5, 5.41) is 0. The molecule has 0 radical (unpaired) electrons. The van der Waals surface area contributed by atoms with Crippen molar-refractivity contribution in [2.45, 2.75) is 86.5 Å². The summed E-state index contributed by atoms with van der Waals surface area (Å²) in [7, 11) is 0. The zero-order chi connectivity index (χ0) is 13.3. The van der Waals surface area contributed by atoms with Gasteiger partial charge in [0.05, 0.1) is 0 Å². The van der Waals surface area contributed by atoms with E-state index < -0.39 is 0 Å². The van der Waals surface area contributed by atoms with Gasteiger partial charge in [0.25, 0.3) is 0 Å². The molecule has 0 heteroatoms. The van der Waals surface area contributed by atoms with Crippen LogP contribution < -0.4 is 0 Å². The largest absolute Gasteiger partial charge is 0.0654 e. The fraction of sp³-hybridized carbons (Fsp3) is 1.00. The first-order chi connectivity index (χ1) is 7.97. The minimum Gasteiger partial charge on any atom is -0.0654 e. The first-order valence-corrected chi connectivity index (χ1v) is 7.97. The lowest BCUT2D eigenvalue weighted by Crippen LogP contribution is -2.06. The molecular weight excluding hydrogens is 204 g/mol. The first kappa shape index (κ1) is 17.0. The lowest BCUT2D eigenvalue weighted by atomic mass is 9.87. The van der Waals surface area contributed by atoms with Gasteiger partial charge in [-0.05, 0) is 23.7 Å². The van der Waals surface area contributed by atoms with Crippen LogP contribution in [-0.2, 0) is 0 Å². The van der Waals surface area contributed by atoms with Crippen molar-refractivity contribution in [3.63, 3.8) is 0 Å². The highest BCUT2D eigenvalue weighted by Crippen LogP contribution is 2.23. The van der Waals surface area contributed by atoms with Gasteiger partial charge in [-0.15, -0.1) is 0 Å². The van der Waals surface area contributed by atoms with Gasteiger partial charge in [-0.2, -0.15) is 0 Å². The fourth-order valence-electron chi connectivity index (χ4n) is 2.48. The highest BCUT2D eigenvalue weighted by atomic mass is 14.2. The zero-order valence-corrected chi connectivity index (χ0v) is 13.3. The van der Waals surface area contributed by atoms with Crippen molar-refractivity contribution in [2.24, 2.45) is 23.7 Å². The van der Waals surface area contributed by atoms with E-state index in [1.165, 1.54) is 44.9 Å². The van der Waals surface area contributed by atoms with Crippen LogP contribution in [0.5, 0.6) is 0 Å².